The highest BCUT2D eigenvalue weighted by Crippen LogP contribution is 2.61. The number of rotatable bonds is 7. The number of esters is 1. The minimum atomic E-state index is -1.74. The smallest absolute Gasteiger partial charge is 0.314 e. The normalized spacial score (nSPS) is 42.7. The van der Waals surface area contributed by atoms with Crippen LogP contribution in [0.1, 0.15) is 76.0 Å². The van der Waals surface area contributed by atoms with Crippen molar-refractivity contribution in [2.24, 2.45) is 11.3 Å². The lowest BCUT2D eigenvalue weighted by atomic mass is 9.49. The van der Waals surface area contributed by atoms with E-state index in [0.29, 0.717) is 43.2 Å². The molecule has 14 nitrogen and oxygen atoms in total. The highest BCUT2D eigenvalue weighted by atomic mass is 16.7. The van der Waals surface area contributed by atoms with Crippen LogP contribution < -0.4 is 4.74 Å². The van der Waals surface area contributed by atoms with Gasteiger partial charge in [-0.15, -0.1) is 0 Å². The number of carbonyl (C=O) groups is 1. The third-order valence-corrected chi connectivity index (χ3v) is 10.8. The molecule has 1 aromatic rings. The molecular weight excluding hydrogens is 608 g/mol. The number of aliphatic hydroxyl groups is 8. The lowest BCUT2D eigenvalue weighted by Gasteiger charge is -2.54. The SMILES string of the molecule is CC(C)c1cc2c(c(O)c1O[C@H]1O[C@@H](CO)[C@H](O)[C@@H](O)[C@@H]1O)[C@@]1(C)CCC[C@](C)(C(=O)O[C@@H]3O[C@H](CO)[C@@H](O)[C@H](O)[C@H]3O)[C@H]1CC2. The van der Waals surface area contributed by atoms with Gasteiger partial charge in [-0.25, -0.2) is 0 Å². The lowest BCUT2D eigenvalue weighted by molar-refractivity contribution is -0.296. The Kier molecular flexibility index (Phi) is 10.0. The summed E-state index contributed by atoms with van der Waals surface area (Å²) in [6, 6.07) is 1.93. The first kappa shape index (κ1) is 35.2. The van der Waals surface area contributed by atoms with Crippen molar-refractivity contribution in [2.45, 2.75) is 133 Å². The van der Waals surface area contributed by atoms with Gasteiger partial charge in [0, 0.05) is 16.5 Å². The second kappa shape index (κ2) is 13.1. The van der Waals surface area contributed by atoms with Crippen LogP contribution in [0.4, 0.5) is 0 Å². The Morgan fingerprint density at radius 3 is 2.02 bits per heavy atom. The van der Waals surface area contributed by atoms with E-state index in [9.17, 15) is 50.8 Å². The van der Waals surface area contributed by atoms with E-state index in [-0.39, 0.29) is 23.3 Å². The van der Waals surface area contributed by atoms with Gasteiger partial charge in [-0.05, 0) is 50.0 Å². The molecule has 0 spiro atoms. The summed E-state index contributed by atoms with van der Waals surface area (Å²) in [7, 11) is 0. The monoisotopic (exact) mass is 656 g/mol. The van der Waals surface area contributed by atoms with Crippen molar-refractivity contribution in [3.8, 4) is 11.5 Å². The molecular formula is C32H48O14. The number of benzene rings is 1. The molecule has 2 saturated heterocycles. The highest BCUT2D eigenvalue weighted by Gasteiger charge is 2.58. The first-order chi connectivity index (χ1) is 21.6. The molecule has 0 unspecified atom stereocenters. The summed E-state index contributed by atoms with van der Waals surface area (Å²) in [4.78, 5) is 13.9. The van der Waals surface area contributed by atoms with Crippen LogP contribution >= 0.6 is 0 Å². The number of hydrogen-bond acceptors (Lipinski definition) is 14. The molecule has 0 aromatic heterocycles. The lowest BCUT2D eigenvalue weighted by Crippen LogP contribution is -2.61. The molecule has 260 valence electrons. The van der Waals surface area contributed by atoms with Crippen LogP contribution in [-0.4, -0.2) is 127 Å². The van der Waals surface area contributed by atoms with Crippen LogP contribution in [0.15, 0.2) is 6.07 Å². The first-order valence-corrected chi connectivity index (χ1v) is 16.0. The molecule has 2 aliphatic carbocycles. The van der Waals surface area contributed by atoms with Crippen molar-refractivity contribution in [3.05, 3.63) is 22.8 Å². The Hall–Kier alpha value is -2.11. The molecule has 9 N–H and O–H groups in total. The summed E-state index contributed by atoms with van der Waals surface area (Å²) >= 11 is 0. The molecule has 0 amide bonds. The van der Waals surface area contributed by atoms with Crippen molar-refractivity contribution in [2.75, 3.05) is 13.2 Å². The Morgan fingerprint density at radius 1 is 0.891 bits per heavy atom. The summed E-state index contributed by atoms with van der Waals surface area (Å²) < 4.78 is 22.8. The number of phenols is 1. The van der Waals surface area contributed by atoms with E-state index in [2.05, 4.69) is 0 Å². The summed E-state index contributed by atoms with van der Waals surface area (Å²) in [6.45, 7) is 6.22. The van der Waals surface area contributed by atoms with E-state index in [1.54, 1.807) is 6.92 Å². The molecule has 13 atom stereocenters. The number of ether oxygens (including phenoxy) is 4. The zero-order chi connectivity index (χ0) is 33.9. The maximum Gasteiger partial charge on any atom is 0.314 e. The van der Waals surface area contributed by atoms with Crippen LogP contribution in [0.2, 0.25) is 0 Å². The average Bonchev–Trinajstić information content (AvgIpc) is 3.01. The van der Waals surface area contributed by atoms with Gasteiger partial charge in [0.2, 0.25) is 12.6 Å². The van der Waals surface area contributed by atoms with E-state index < -0.39 is 91.4 Å². The van der Waals surface area contributed by atoms with Gasteiger partial charge in [0.25, 0.3) is 0 Å². The van der Waals surface area contributed by atoms with E-state index in [4.69, 9.17) is 18.9 Å². The van der Waals surface area contributed by atoms with Gasteiger partial charge in [0.1, 0.15) is 48.8 Å². The standard InChI is InChI=1S/C32H48O14/c1-13(2)15-10-14-6-7-18-31(3,19(14)22(37)27(15)45-28-25(40)23(38)20(35)16(11-33)43-28)8-5-9-32(18,4)30(42)46-29-26(41)24(39)21(36)17(12-34)44-29/h10,13,16-18,20-21,23-26,28-29,33-41H,5-9,11-12H2,1-4H3/t16-,17+,18-,20-,21+,23+,24-,25-,26+,28+,29-,31-,32-/m0/s1. The third kappa shape index (κ3) is 5.70. The average molecular weight is 657 g/mol. The van der Waals surface area contributed by atoms with Crippen LogP contribution in [0, 0.1) is 11.3 Å². The van der Waals surface area contributed by atoms with Gasteiger partial charge in [-0.2, -0.15) is 0 Å². The maximum absolute atomic E-state index is 13.9. The summed E-state index contributed by atoms with van der Waals surface area (Å²) in [5.74, 6) is -1.37. The van der Waals surface area contributed by atoms with E-state index in [1.807, 2.05) is 26.8 Å². The quantitative estimate of drug-likeness (QED) is 0.161. The number of phenolic OH excluding ortho intramolecular Hbond substituents is 1. The van der Waals surface area contributed by atoms with Gasteiger partial charge in [0.15, 0.2) is 11.5 Å². The second-order valence-electron chi connectivity index (χ2n) is 14.0. The van der Waals surface area contributed by atoms with Crippen molar-refractivity contribution >= 4 is 5.97 Å². The Morgan fingerprint density at radius 2 is 1.46 bits per heavy atom. The molecule has 2 aliphatic heterocycles. The third-order valence-electron chi connectivity index (χ3n) is 10.8. The topological polar surface area (TPSA) is 236 Å². The van der Waals surface area contributed by atoms with Crippen molar-refractivity contribution < 1.29 is 69.7 Å². The molecule has 1 aromatic carbocycles. The van der Waals surface area contributed by atoms with Gasteiger partial charge in [-0.1, -0.05) is 33.3 Å². The number of aromatic hydroxyl groups is 1. The van der Waals surface area contributed by atoms with Crippen molar-refractivity contribution in [1.29, 1.82) is 0 Å². The molecule has 0 bridgehead atoms. The minimum absolute atomic E-state index is 0.0242. The van der Waals surface area contributed by atoms with Crippen molar-refractivity contribution in [3.63, 3.8) is 0 Å². The van der Waals surface area contributed by atoms with E-state index >= 15 is 0 Å². The number of carbonyl (C=O) groups excluding carboxylic acids is 1. The molecule has 3 fully saturated rings. The van der Waals surface area contributed by atoms with Crippen molar-refractivity contribution in [1.82, 2.24) is 0 Å². The van der Waals surface area contributed by atoms with Gasteiger partial charge >= 0.3 is 5.97 Å². The van der Waals surface area contributed by atoms with E-state index in [1.165, 1.54) is 0 Å². The van der Waals surface area contributed by atoms with Crippen LogP contribution in [0.25, 0.3) is 0 Å². The predicted molar refractivity (Wildman–Crippen MR) is 158 cm³/mol. The molecule has 14 heteroatoms. The number of aliphatic hydroxyl groups excluding tert-OH is 8. The molecule has 4 aliphatic rings. The summed E-state index contributed by atoms with van der Waals surface area (Å²) in [6.07, 6.45) is -12.9. The largest absolute Gasteiger partial charge is 0.504 e. The summed E-state index contributed by atoms with van der Waals surface area (Å²) in [5.41, 5.74) is 0.162. The van der Waals surface area contributed by atoms with Gasteiger partial charge in [-0.3, -0.25) is 4.79 Å². The van der Waals surface area contributed by atoms with Gasteiger partial charge in [0.05, 0.1) is 18.6 Å². The highest BCUT2D eigenvalue weighted by molar-refractivity contribution is 5.78. The van der Waals surface area contributed by atoms with Crippen LogP contribution in [0.3, 0.4) is 0 Å². The molecule has 46 heavy (non-hydrogen) atoms. The van der Waals surface area contributed by atoms with Gasteiger partial charge < -0.3 is 64.9 Å². The fourth-order valence-corrected chi connectivity index (χ4v) is 8.16. The Bertz CT molecular complexity index is 1270. The first-order valence-electron chi connectivity index (χ1n) is 16.0. The molecule has 2 heterocycles. The van der Waals surface area contributed by atoms with Crippen LogP contribution in [-0.2, 0) is 30.8 Å². The number of hydrogen-bond donors (Lipinski definition) is 9. The zero-order valence-electron chi connectivity index (χ0n) is 26.5. The molecule has 0 radical (unpaired) electrons. The fourth-order valence-electron chi connectivity index (χ4n) is 8.16. The Balaban J connectivity index is 1.49. The zero-order valence-corrected chi connectivity index (χ0v) is 26.5. The second-order valence-corrected chi connectivity index (χ2v) is 14.0. The van der Waals surface area contributed by atoms with Crippen LogP contribution in [0.5, 0.6) is 11.5 Å². The number of aryl methyl sites for hydroxylation is 1. The minimum Gasteiger partial charge on any atom is -0.504 e. The molecule has 1 saturated carbocycles. The van der Waals surface area contributed by atoms with E-state index in [0.717, 1.165) is 5.56 Å². The predicted octanol–water partition coefficient (Wildman–Crippen LogP) is -0.952. The summed E-state index contributed by atoms with van der Waals surface area (Å²) in [5, 5.41) is 93.3. The number of fused-ring (bicyclic) bond motifs is 3. The fraction of sp³-hybridized carbons (Fsp3) is 0.781. The molecule has 5 rings (SSSR count). The Labute approximate surface area is 267 Å². The maximum atomic E-state index is 13.9.